The molecule has 2 rings (SSSR count). The summed E-state index contributed by atoms with van der Waals surface area (Å²) in [6.45, 7) is 0. The predicted octanol–water partition coefficient (Wildman–Crippen LogP) is 3.85. The Hall–Kier alpha value is -1.98. The first-order valence-corrected chi connectivity index (χ1v) is 4.79. The summed E-state index contributed by atoms with van der Waals surface area (Å²) in [6, 6.07) is 5.21. The van der Waals surface area contributed by atoms with E-state index in [1.165, 1.54) is 18.3 Å². The molecule has 0 amide bonds. The molecule has 18 heavy (non-hydrogen) atoms. The van der Waals surface area contributed by atoms with E-state index < -0.39 is 23.4 Å². The van der Waals surface area contributed by atoms with E-state index in [-0.39, 0.29) is 11.3 Å². The molecule has 0 aliphatic carbocycles. The lowest BCUT2D eigenvalue weighted by atomic mass is 10.1. The van der Waals surface area contributed by atoms with E-state index in [4.69, 9.17) is 0 Å². The van der Waals surface area contributed by atoms with Gasteiger partial charge < -0.3 is 0 Å². The van der Waals surface area contributed by atoms with Gasteiger partial charge >= 0.3 is 6.18 Å². The molecule has 0 aliphatic rings. The molecule has 1 heterocycles. The monoisotopic (exact) mass is 258 g/mol. The second-order valence-electron chi connectivity index (χ2n) is 3.46. The van der Waals surface area contributed by atoms with Crippen LogP contribution in [0, 0.1) is 17.7 Å². The lowest BCUT2D eigenvalue weighted by Crippen LogP contribution is -2.06. The van der Waals surface area contributed by atoms with Crippen LogP contribution in [0.25, 0.3) is 11.3 Å². The van der Waals surface area contributed by atoms with Crippen molar-refractivity contribution in [2.24, 2.45) is 0 Å². The van der Waals surface area contributed by atoms with Gasteiger partial charge in [0.1, 0.15) is 17.3 Å². The van der Waals surface area contributed by atoms with Gasteiger partial charge in [0.15, 0.2) is 0 Å². The van der Waals surface area contributed by atoms with E-state index in [1.807, 2.05) is 0 Å². The van der Waals surface area contributed by atoms with Crippen molar-refractivity contribution >= 4 is 0 Å². The van der Waals surface area contributed by atoms with Crippen molar-refractivity contribution in [3.8, 4) is 11.3 Å². The molecule has 0 bridgehead atoms. The fraction of sp³-hybridized carbons (Fsp3) is 0.0833. The van der Waals surface area contributed by atoms with Gasteiger partial charge in [-0.3, -0.25) is 4.98 Å². The number of benzene rings is 1. The molecule has 1 radical (unpaired) electrons. The van der Waals surface area contributed by atoms with Crippen LogP contribution in [0.15, 0.2) is 30.5 Å². The molecule has 0 atom stereocenters. The largest absolute Gasteiger partial charge is 0.417 e. The molecule has 6 heteroatoms. The van der Waals surface area contributed by atoms with Crippen LogP contribution in [0.2, 0.25) is 0 Å². The summed E-state index contributed by atoms with van der Waals surface area (Å²) >= 11 is 0. The van der Waals surface area contributed by atoms with E-state index in [0.29, 0.717) is 6.07 Å². The number of aromatic nitrogens is 1. The number of hydrogen-bond acceptors (Lipinski definition) is 1. The zero-order chi connectivity index (χ0) is 13.3. The van der Waals surface area contributed by atoms with Gasteiger partial charge in [0, 0.05) is 17.8 Å². The number of hydrogen-bond donors (Lipinski definition) is 0. The normalized spacial score (nSPS) is 11.6. The van der Waals surface area contributed by atoms with Gasteiger partial charge in [-0.15, -0.1) is 0 Å². The summed E-state index contributed by atoms with van der Waals surface area (Å²) in [4.78, 5) is 3.59. The Morgan fingerprint density at radius 1 is 1.11 bits per heavy atom. The fourth-order valence-electron chi connectivity index (χ4n) is 1.42. The molecule has 0 fully saturated rings. The summed E-state index contributed by atoms with van der Waals surface area (Å²) in [5.74, 6) is -2.04. The fourth-order valence-corrected chi connectivity index (χ4v) is 1.42. The van der Waals surface area contributed by atoms with Crippen molar-refractivity contribution < 1.29 is 22.0 Å². The maximum absolute atomic E-state index is 13.4. The van der Waals surface area contributed by atoms with Crippen LogP contribution in [-0.2, 0) is 6.18 Å². The van der Waals surface area contributed by atoms with Crippen molar-refractivity contribution in [1.82, 2.24) is 4.98 Å². The zero-order valence-corrected chi connectivity index (χ0v) is 8.72. The molecular weight excluding hydrogens is 253 g/mol. The number of halogens is 5. The van der Waals surface area contributed by atoms with Crippen LogP contribution in [0.3, 0.4) is 0 Å². The Bertz CT molecular complexity index is 577. The molecule has 0 unspecified atom stereocenters. The van der Waals surface area contributed by atoms with E-state index >= 15 is 0 Å². The smallest absolute Gasteiger partial charge is 0.253 e. The lowest BCUT2D eigenvalue weighted by Gasteiger charge is -2.09. The summed E-state index contributed by atoms with van der Waals surface area (Å²) in [5, 5.41) is 0. The van der Waals surface area contributed by atoms with Gasteiger partial charge in [0.05, 0.1) is 5.56 Å². The average molecular weight is 258 g/mol. The van der Waals surface area contributed by atoms with Gasteiger partial charge in [-0.05, 0) is 24.3 Å². The predicted molar refractivity (Wildman–Crippen MR) is 53.4 cm³/mol. The minimum absolute atomic E-state index is 0.281. The first-order valence-electron chi connectivity index (χ1n) is 4.79. The third kappa shape index (κ3) is 2.47. The molecule has 0 spiro atoms. The van der Waals surface area contributed by atoms with Gasteiger partial charge in [-0.25, -0.2) is 8.78 Å². The number of alkyl halides is 3. The third-order valence-corrected chi connectivity index (χ3v) is 2.17. The van der Waals surface area contributed by atoms with Crippen LogP contribution in [0.4, 0.5) is 22.0 Å². The summed E-state index contributed by atoms with van der Waals surface area (Å²) in [6.07, 6.45) is -3.54. The highest BCUT2D eigenvalue weighted by atomic mass is 19.4. The molecule has 0 saturated heterocycles. The van der Waals surface area contributed by atoms with Crippen LogP contribution in [0.5, 0.6) is 0 Å². The average Bonchev–Trinajstić information content (AvgIpc) is 2.27. The van der Waals surface area contributed by atoms with Gasteiger partial charge in [-0.1, -0.05) is 0 Å². The maximum Gasteiger partial charge on any atom is 0.417 e. The van der Waals surface area contributed by atoms with Crippen molar-refractivity contribution in [3.05, 3.63) is 53.7 Å². The molecule has 1 nitrogen and oxygen atoms in total. The first-order chi connectivity index (χ1) is 8.38. The van der Waals surface area contributed by atoms with Crippen LogP contribution in [0.1, 0.15) is 5.56 Å². The second-order valence-corrected chi connectivity index (χ2v) is 3.46. The van der Waals surface area contributed by atoms with Crippen LogP contribution >= 0.6 is 0 Å². The highest BCUT2D eigenvalue weighted by Crippen LogP contribution is 2.32. The first kappa shape index (κ1) is 12.5. The van der Waals surface area contributed by atoms with Gasteiger partial charge in [0.2, 0.25) is 0 Å². The maximum atomic E-state index is 13.4. The Labute approximate surface area is 98.9 Å². The Kier molecular flexibility index (Phi) is 3.02. The van der Waals surface area contributed by atoms with Crippen molar-refractivity contribution in [2.75, 3.05) is 0 Å². The topological polar surface area (TPSA) is 12.9 Å². The summed E-state index contributed by atoms with van der Waals surface area (Å²) in [7, 11) is 0. The standard InChI is InChI=1S/C12H5F5N/c13-9-5-7(4-8(6-9)12(15,16)17)11-10(14)2-1-3-18-11/h1-5H. The molecule has 0 aliphatic heterocycles. The Balaban J connectivity index is 2.60. The lowest BCUT2D eigenvalue weighted by molar-refractivity contribution is -0.138. The van der Waals surface area contributed by atoms with E-state index in [2.05, 4.69) is 4.98 Å². The number of pyridine rings is 1. The van der Waals surface area contributed by atoms with Gasteiger partial charge in [-0.2, -0.15) is 13.2 Å². The quantitative estimate of drug-likeness (QED) is 0.708. The minimum atomic E-state index is -4.75. The molecular formula is C12H5F5N. The number of nitrogens with zero attached hydrogens (tertiary/aromatic N) is 1. The van der Waals surface area contributed by atoms with Crippen LogP contribution < -0.4 is 0 Å². The highest BCUT2D eigenvalue weighted by Gasteiger charge is 2.32. The Morgan fingerprint density at radius 2 is 1.83 bits per heavy atom. The van der Waals surface area contributed by atoms with Crippen molar-refractivity contribution in [1.29, 1.82) is 0 Å². The summed E-state index contributed by atoms with van der Waals surface area (Å²) < 4.78 is 63.8. The minimum Gasteiger partial charge on any atom is -0.253 e. The third-order valence-electron chi connectivity index (χ3n) is 2.17. The SMILES string of the molecule is Fc1[c]c(C(F)(F)F)cc(-c2ncccc2F)c1. The second kappa shape index (κ2) is 4.36. The van der Waals surface area contributed by atoms with E-state index in [1.54, 1.807) is 0 Å². The van der Waals surface area contributed by atoms with Crippen LogP contribution in [-0.4, -0.2) is 4.98 Å². The molecule has 2 aromatic rings. The molecule has 1 aromatic heterocycles. The molecule has 93 valence electrons. The Morgan fingerprint density at radius 3 is 2.44 bits per heavy atom. The van der Waals surface area contributed by atoms with Gasteiger partial charge in [0.25, 0.3) is 0 Å². The zero-order valence-electron chi connectivity index (χ0n) is 8.72. The highest BCUT2D eigenvalue weighted by molar-refractivity contribution is 5.60. The molecule has 1 aromatic carbocycles. The summed E-state index contributed by atoms with van der Waals surface area (Å²) in [5.41, 5.74) is -1.92. The molecule has 0 N–H and O–H groups in total. The van der Waals surface area contributed by atoms with Crippen molar-refractivity contribution in [2.45, 2.75) is 6.18 Å². The van der Waals surface area contributed by atoms with E-state index in [9.17, 15) is 22.0 Å². The number of rotatable bonds is 1. The van der Waals surface area contributed by atoms with E-state index in [0.717, 1.165) is 12.1 Å². The van der Waals surface area contributed by atoms with Crippen molar-refractivity contribution in [3.63, 3.8) is 0 Å². The molecule has 0 saturated carbocycles.